The van der Waals surface area contributed by atoms with Gasteiger partial charge in [0.2, 0.25) is 0 Å². The van der Waals surface area contributed by atoms with Gasteiger partial charge in [-0.1, -0.05) is 0 Å². The molecule has 0 saturated carbocycles. The van der Waals surface area contributed by atoms with Crippen LogP contribution >= 0.6 is 27.7 Å². The lowest BCUT2D eigenvalue weighted by Gasteiger charge is -2.08. The molecule has 2 rings (SSSR count). The molecule has 0 spiro atoms. The average molecular weight is 288 g/mol. The number of nitrogens with zero attached hydrogens (tertiary/aromatic N) is 1. The van der Waals surface area contributed by atoms with Crippen LogP contribution in [0, 0.1) is 0 Å². The van der Waals surface area contributed by atoms with E-state index in [1.807, 2.05) is 24.2 Å². The fourth-order valence-corrected chi connectivity index (χ4v) is 3.07. The molecule has 0 bridgehead atoms. The molecule has 1 saturated heterocycles. The molecule has 1 aliphatic heterocycles. The zero-order chi connectivity index (χ0) is 10.5. The predicted molar refractivity (Wildman–Crippen MR) is 67.1 cm³/mol. The standard InChI is InChI=1S/C11H14BrNOS/c12-10-4-9(5-13-6-10)7-15-8-11-2-1-3-14-11/h4-6,11H,1-3,7-8H2. The summed E-state index contributed by atoms with van der Waals surface area (Å²) in [6.07, 6.45) is 6.67. The van der Waals surface area contributed by atoms with Crippen molar-refractivity contribution in [1.82, 2.24) is 4.98 Å². The van der Waals surface area contributed by atoms with Crippen LogP contribution in [0.4, 0.5) is 0 Å². The van der Waals surface area contributed by atoms with Crippen LogP contribution in [0.1, 0.15) is 18.4 Å². The van der Waals surface area contributed by atoms with Crippen molar-refractivity contribution in [2.75, 3.05) is 12.4 Å². The number of aromatic nitrogens is 1. The number of halogens is 1. The Labute approximate surface area is 103 Å². The van der Waals surface area contributed by atoms with Gasteiger partial charge in [-0.05, 0) is 40.4 Å². The molecule has 0 aromatic carbocycles. The van der Waals surface area contributed by atoms with Gasteiger partial charge in [0.25, 0.3) is 0 Å². The van der Waals surface area contributed by atoms with E-state index in [0.29, 0.717) is 6.10 Å². The average Bonchev–Trinajstić information content (AvgIpc) is 2.71. The summed E-state index contributed by atoms with van der Waals surface area (Å²) in [5.41, 5.74) is 1.27. The highest BCUT2D eigenvalue weighted by atomic mass is 79.9. The highest BCUT2D eigenvalue weighted by Gasteiger charge is 2.14. The quantitative estimate of drug-likeness (QED) is 0.849. The van der Waals surface area contributed by atoms with Crippen molar-refractivity contribution in [3.63, 3.8) is 0 Å². The highest BCUT2D eigenvalue weighted by Crippen LogP contribution is 2.21. The fraction of sp³-hybridized carbons (Fsp3) is 0.545. The molecule has 0 aliphatic carbocycles. The fourth-order valence-electron chi connectivity index (χ4n) is 1.62. The van der Waals surface area contributed by atoms with Crippen molar-refractivity contribution in [3.05, 3.63) is 28.5 Å². The van der Waals surface area contributed by atoms with Crippen molar-refractivity contribution in [2.24, 2.45) is 0 Å². The van der Waals surface area contributed by atoms with Gasteiger partial charge in [0, 0.05) is 35.0 Å². The first-order valence-corrected chi connectivity index (χ1v) is 7.08. The molecule has 0 amide bonds. The van der Waals surface area contributed by atoms with E-state index in [0.717, 1.165) is 22.6 Å². The van der Waals surface area contributed by atoms with Crippen LogP contribution in [0.25, 0.3) is 0 Å². The third kappa shape index (κ3) is 3.78. The van der Waals surface area contributed by atoms with Crippen molar-refractivity contribution >= 4 is 27.7 Å². The summed E-state index contributed by atoms with van der Waals surface area (Å²) in [6.45, 7) is 0.948. The minimum absolute atomic E-state index is 0.482. The lowest BCUT2D eigenvalue weighted by Crippen LogP contribution is -2.07. The van der Waals surface area contributed by atoms with Gasteiger partial charge < -0.3 is 4.74 Å². The second-order valence-electron chi connectivity index (χ2n) is 3.66. The first kappa shape index (κ1) is 11.4. The molecule has 15 heavy (non-hydrogen) atoms. The number of rotatable bonds is 4. The van der Waals surface area contributed by atoms with Gasteiger partial charge in [-0.3, -0.25) is 4.98 Å². The first-order valence-electron chi connectivity index (χ1n) is 5.13. The van der Waals surface area contributed by atoms with Gasteiger partial charge >= 0.3 is 0 Å². The highest BCUT2D eigenvalue weighted by molar-refractivity contribution is 9.10. The monoisotopic (exact) mass is 287 g/mol. The first-order chi connectivity index (χ1) is 7.34. The van der Waals surface area contributed by atoms with E-state index in [-0.39, 0.29) is 0 Å². The number of hydrogen-bond donors (Lipinski definition) is 0. The summed E-state index contributed by atoms with van der Waals surface area (Å²) in [6, 6.07) is 2.12. The van der Waals surface area contributed by atoms with Crippen molar-refractivity contribution in [1.29, 1.82) is 0 Å². The van der Waals surface area contributed by atoms with Gasteiger partial charge in [0.1, 0.15) is 0 Å². The zero-order valence-corrected chi connectivity index (χ0v) is 10.9. The summed E-state index contributed by atoms with van der Waals surface area (Å²) in [5, 5.41) is 0. The summed E-state index contributed by atoms with van der Waals surface area (Å²) >= 11 is 5.35. The molecule has 2 nitrogen and oxygen atoms in total. The van der Waals surface area contributed by atoms with Gasteiger partial charge in [-0.25, -0.2) is 0 Å². The second-order valence-corrected chi connectivity index (χ2v) is 5.61. The molecular weight excluding hydrogens is 274 g/mol. The topological polar surface area (TPSA) is 22.1 Å². The van der Waals surface area contributed by atoms with E-state index in [1.54, 1.807) is 0 Å². The Balaban J connectivity index is 1.73. The molecule has 1 atom stereocenters. The van der Waals surface area contributed by atoms with Crippen molar-refractivity contribution in [2.45, 2.75) is 24.7 Å². The Hall–Kier alpha value is -0.0600. The summed E-state index contributed by atoms with van der Waals surface area (Å²) in [4.78, 5) is 4.14. The van der Waals surface area contributed by atoms with E-state index in [2.05, 4.69) is 27.0 Å². The van der Waals surface area contributed by atoms with Crippen LogP contribution in [0.5, 0.6) is 0 Å². The molecule has 0 radical (unpaired) electrons. The molecule has 1 aromatic heterocycles. The molecule has 1 aliphatic rings. The summed E-state index contributed by atoms with van der Waals surface area (Å²) in [5.74, 6) is 2.12. The van der Waals surface area contributed by atoms with E-state index >= 15 is 0 Å². The van der Waals surface area contributed by atoms with Gasteiger partial charge in [0.05, 0.1) is 6.10 Å². The van der Waals surface area contributed by atoms with Crippen molar-refractivity contribution in [3.8, 4) is 0 Å². The Morgan fingerprint density at radius 2 is 2.47 bits per heavy atom. The maximum Gasteiger partial charge on any atom is 0.0666 e. The van der Waals surface area contributed by atoms with E-state index < -0.39 is 0 Å². The summed E-state index contributed by atoms with van der Waals surface area (Å²) in [7, 11) is 0. The Kier molecular flexibility index (Phi) is 4.47. The molecule has 1 unspecified atom stereocenters. The van der Waals surface area contributed by atoms with Crippen LogP contribution in [0.15, 0.2) is 22.9 Å². The van der Waals surface area contributed by atoms with Crippen LogP contribution in [-0.2, 0) is 10.5 Å². The second kappa shape index (κ2) is 5.87. The molecule has 1 fully saturated rings. The maximum absolute atomic E-state index is 5.57. The lowest BCUT2D eigenvalue weighted by molar-refractivity contribution is 0.129. The summed E-state index contributed by atoms with van der Waals surface area (Å²) < 4.78 is 6.62. The SMILES string of the molecule is Brc1cncc(CSCC2CCCO2)c1. The van der Waals surface area contributed by atoms with Crippen molar-refractivity contribution < 1.29 is 4.74 Å². The molecule has 4 heteroatoms. The van der Waals surface area contributed by atoms with Crippen LogP contribution in [-0.4, -0.2) is 23.4 Å². The Bertz CT molecular complexity index is 315. The molecule has 0 N–H and O–H groups in total. The third-order valence-corrected chi connectivity index (χ3v) is 3.94. The number of thioether (sulfide) groups is 1. The number of pyridine rings is 1. The van der Waals surface area contributed by atoms with Gasteiger partial charge in [-0.2, -0.15) is 11.8 Å². The van der Waals surface area contributed by atoms with Crippen LogP contribution in [0.2, 0.25) is 0 Å². The largest absolute Gasteiger partial charge is 0.377 e. The normalized spacial score (nSPS) is 20.7. The Morgan fingerprint density at radius 1 is 1.53 bits per heavy atom. The molecule has 82 valence electrons. The zero-order valence-electron chi connectivity index (χ0n) is 8.49. The minimum atomic E-state index is 0.482. The van der Waals surface area contributed by atoms with E-state index in [1.165, 1.54) is 18.4 Å². The van der Waals surface area contributed by atoms with Crippen LogP contribution < -0.4 is 0 Å². The molecule has 2 heterocycles. The lowest BCUT2D eigenvalue weighted by atomic mass is 10.3. The van der Waals surface area contributed by atoms with E-state index in [9.17, 15) is 0 Å². The van der Waals surface area contributed by atoms with Gasteiger partial charge in [0.15, 0.2) is 0 Å². The van der Waals surface area contributed by atoms with Gasteiger partial charge in [-0.15, -0.1) is 0 Å². The number of hydrogen-bond acceptors (Lipinski definition) is 3. The predicted octanol–water partition coefficient (Wildman–Crippen LogP) is 3.26. The smallest absolute Gasteiger partial charge is 0.0666 e. The Morgan fingerprint density at radius 3 is 3.20 bits per heavy atom. The number of ether oxygens (including phenoxy) is 1. The molecule has 1 aromatic rings. The van der Waals surface area contributed by atoms with E-state index in [4.69, 9.17) is 4.74 Å². The molecular formula is C11H14BrNOS. The third-order valence-electron chi connectivity index (χ3n) is 2.36. The minimum Gasteiger partial charge on any atom is -0.377 e. The van der Waals surface area contributed by atoms with Crippen LogP contribution in [0.3, 0.4) is 0 Å². The maximum atomic E-state index is 5.57.